The first kappa shape index (κ1) is 18.0. The SMILES string of the molecule is [2H]c1c([2H])c([2H])c2c(-c3cccc4oc5c6ccccc6ccc5c34)c3c([2H])c([2H])c([2H])c([2H])c3c(-c3cccc4ccc5ccccc5c34)c2c1[2H]. The van der Waals surface area contributed by atoms with Crippen LogP contribution in [-0.4, -0.2) is 0 Å². The fraction of sp³-hybridized carbons (Fsp3) is 0. The van der Waals surface area contributed by atoms with E-state index in [0.29, 0.717) is 38.8 Å². The van der Waals surface area contributed by atoms with Gasteiger partial charge < -0.3 is 4.42 Å². The Balaban J connectivity index is 1.52. The first-order chi connectivity index (χ1) is 25.7. The molecular formula is C44H26O. The average Bonchev–Trinajstić information content (AvgIpc) is 3.59. The highest BCUT2D eigenvalue weighted by Crippen LogP contribution is 2.49. The molecule has 1 heteroatoms. The lowest BCUT2D eigenvalue weighted by Crippen LogP contribution is -1.92. The van der Waals surface area contributed by atoms with Crippen LogP contribution >= 0.6 is 0 Å². The molecule has 0 unspecified atom stereocenters. The molecule has 0 bridgehead atoms. The van der Waals surface area contributed by atoms with Gasteiger partial charge in [-0.3, -0.25) is 0 Å². The van der Waals surface area contributed by atoms with E-state index in [-0.39, 0.29) is 45.7 Å². The van der Waals surface area contributed by atoms with Crippen molar-refractivity contribution in [3.8, 4) is 22.3 Å². The van der Waals surface area contributed by atoms with Gasteiger partial charge in [0.15, 0.2) is 0 Å². The second-order valence-electron chi connectivity index (χ2n) is 11.4. The van der Waals surface area contributed by atoms with Crippen LogP contribution < -0.4 is 0 Å². The van der Waals surface area contributed by atoms with E-state index in [1.807, 2.05) is 109 Å². The fourth-order valence-corrected chi connectivity index (χ4v) is 7.19. The highest BCUT2D eigenvalue weighted by Gasteiger charge is 2.21. The van der Waals surface area contributed by atoms with E-state index >= 15 is 0 Å². The zero-order valence-corrected chi connectivity index (χ0v) is 23.8. The topological polar surface area (TPSA) is 13.1 Å². The molecule has 1 aromatic heterocycles. The van der Waals surface area contributed by atoms with Gasteiger partial charge in [-0.25, -0.2) is 0 Å². The Morgan fingerprint density at radius 1 is 0.378 bits per heavy atom. The fourth-order valence-electron chi connectivity index (χ4n) is 7.19. The van der Waals surface area contributed by atoms with E-state index in [4.69, 9.17) is 9.90 Å². The summed E-state index contributed by atoms with van der Waals surface area (Å²) in [6, 6.07) is 32.1. The Kier molecular flexibility index (Phi) is 3.72. The molecule has 45 heavy (non-hydrogen) atoms. The largest absolute Gasteiger partial charge is 0.455 e. The van der Waals surface area contributed by atoms with Crippen LogP contribution in [0.2, 0.25) is 0 Å². The van der Waals surface area contributed by atoms with E-state index in [9.17, 15) is 5.48 Å². The van der Waals surface area contributed by atoms with E-state index < -0.39 is 24.2 Å². The van der Waals surface area contributed by atoms with Crippen molar-refractivity contribution in [3.05, 3.63) is 158 Å². The molecule has 0 saturated heterocycles. The molecule has 0 N–H and O–H groups in total. The molecule has 208 valence electrons. The maximum Gasteiger partial charge on any atom is 0.143 e. The van der Waals surface area contributed by atoms with Crippen LogP contribution in [0.25, 0.3) is 98.1 Å². The van der Waals surface area contributed by atoms with E-state index in [1.54, 1.807) is 0 Å². The smallest absolute Gasteiger partial charge is 0.143 e. The third kappa shape index (κ3) is 3.44. The number of fused-ring (bicyclic) bond motifs is 10. The lowest BCUT2D eigenvalue weighted by Gasteiger charge is -2.19. The van der Waals surface area contributed by atoms with Crippen LogP contribution in [0, 0.1) is 0 Å². The molecule has 0 saturated carbocycles. The van der Waals surface area contributed by atoms with Gasteiger partial charge in [0.05, 0.1) is 11.0 Å². The minimum Gasteiger partial charge on any atom is -0.455 e. The van der Waals surface area contributed by atoms with Crippen molar-refractivity contribution in [1.29, 1.82) is 0 Å². The number of hydrogen-bond acceptors (Lipinski definition) is 1. The molecule has 0 amide bonds. The van der Waals surface area contributed by atoms with Crippen LogP contribution in [0.3, 0.4) is 0 Å². The van der Waals surface area contributed by atoms with Crippen LogP contribution in [0.15, 0.2) is 162 Å². The van der Waals surface area contributed by atoms with Crippen molar-refractivity contribution < 1.29 is 15.4 Å². The van der Waals surface area contributed by atoms with Crippen LogP contribution in [0.4, 0.5) is 0 Å². The van der Waals surface area contributed by atoms with Crippen molar-refractivity contribution in [2.24, 2.45) is 0 Å². The lowest BCUT2D eigenvalue weighted by molar-refractivity contribution is 0.673. The van der Waals surface area contributed by atoms with Gasteiger partial charge in [0.25, 0.3) is 0 Å². The van der Waals surface area contributed by atoms with Gasteiger partial charge in [-0.05, 0) is 82.9 Å². The number of furan rings is 1. The van der Waals surface area contributed by atoms with Crippen molar-refractivity contribution in [2.75, 3.05) is 0 Å². The summed E-state index contributed by atoms with van der Waals surface area (Å²) in [6.07, 6.45) is 0. The monoisotopic (exact) mass is 578 g/mol. The van der Waals surface area contributed by atoms with Gasteiger partial charge in [0.2, 0.25) is 0 Å². The summed E-state index contributed by atoms with van der Waals surface area (Å²) in [6.45, 7) is 0. The Bertz CT molecular complexity index is 3190. The first-order valence-electron chi connectivity index (χ1n) is 18.9. The first-order valence-corrected chi connectivity index (χ1v) is 14.9. The van der Waals surface area contributed by atoms with Crippen molar-refractivity contribution >= 4 is 75.8 Å². The highest BCUT2D eigenvalue weighted by molar-refractivity contribution is 6.29. The second kappa shape index (κ2) is 9.29. The molecule has 0 radical (unpaired) electrons. The Hall–Kier alpha value is -5.92. The highest BCUT2D eigenvalue weighted by atomic mass is 16.3. The predicted molar refractivity (Wildman–Crippen MR) is 192 cm³/mol. The molecular weight excluding hydrogens is 544 g/mol. The summed E-state index contributed by atoms with van der Waals surface area (Å²) < 4.78 is 80.1. The lowest BCUT2D eigenvalue weighted by atomic mass is 9.83. The molecule has 10 aromatic rings. The van der Waals surface area contributed by atoms with Crippen LogP contribution in [0.1, 0.15) is 11.0 Å². The van der Waals surface area contributed by atoms with Gasteiger partial charge in [-0.1, -0.05) is 145 Å². The third-order valence-corrected chi connectivity index (χ3v) is 9.07. The zero-order valence-electron chi connectivity index (χ0n) is 31.8. The normalized spacial score (nSPS) is 14.5. The quantitative estimate of drug-likeness (QED) is 0.147. The molecule has 9 aromatic carbocycles. The summed E-state index contributed by atoms with van der Waals surface area (Å²) >= 11 is 0. The van der Waals surface area contributed by atoms with Gasteiger partial charge in [-0.2, -0.15) is 0 Å². The maximum atomic E-state index is 9.50. The van der Waals surface area contributed by atoms with Gasteiger partial charge in [0.1, 0.15) is 11.2 Å². The van der Waals surface area contributed by atoms with Gasteiger partial charge in [0, 0.05) is 16.2 Å². The molecule has 0 fully saturated rings. The minimum absolute atomic E-state index is 0.170. The Morgan fingerprint density at radius 3 is 1.58 bits per heavy atom. The predicted octanol–water partition coefficient (Wildman–Crippen LogP) is 12.7. The summed E-state index contributed by atoms with van der Waals surface area (Å²) in [4.78, 5) is 0. The Labute approximate surface area is 270 Å². The number of rotatable bonds is 2. The number of hydrogen-bond donors (Lipinski definition) is 0. The molecule has 0 atom stereocenters. The van der Waals surface area contributed by atoms with E-state index in [1.165, 1.54) is 0 Å². The van der Waals surface area contributed by atoms with Crippen molar-refractivity contribution in [2.45, 2.75) is 0 Å². The van der Waals surface area contributed by atoms with E-state index in [2.05, 4.69) is 0 Å². The second-order valence-corrected chi connectivity index (χ2v) is 11.4. The summed E-state index contributed by atoms with van der Waals surface area (Å²) in [7, 11) is 0. The van der Waals surface area contributed by atoms with Gasteiger partial charge in [-0.15, -0.1) is 0 Å². The summed E-state index contributed by atoms with van der Waals surface area (Å²) in [5.74, 6) is 0. The van der Waals surface area contributed by atoms with Gasteiger partial charge >= 0.3 is 0 Å². The molecule has 10 rings (SSSR count). The number of benzene rings is 9. The molecule has 0 spiro atoms. The molecule has 0 aliphatic heterocycles. The van der Waals surface area contributed by atoms with Crippen LogP contribution in [-0.2, 0) is 0 Å². The van der Waals surface area contributed by atoms with E-state index in [0.717, 1.165) is 37.7 Å². The zero-order chi connectivity index (χ0) is 36.4. The molecule has 1 heterocycles. The standard InChI is InChI=1S/C44H26O/c1-3-14-30-27(11-1)23-24-29-13-9-20-36(40(29)30)41-32-16-5-7-18-34(32)42(35-19-8-6-17-33(35)41)37-21-10-22-39-43(37)38-26-25-28-12-2-4-15-31(28)44(38)45-39/h1-26H/i5D,6D,7D,8D,16D,17D,18D,19D. The van der Waals surface area contributed by atoms with Crippen molar-refractivity contribution in [1.82, 2.24) is 0 Å². The third-order valence-electron chi connectivity index (χ3n) is 9.07. The molecule has 0 aliphatic carbocycles. The maximum absolute atomic E-state index is 9.50. The minimum atomic E-state index is -0.437. The average molecular weight is 579 g/mol. The van der Waals surface area contributed by atoms with Crippen molar-refractivity contribution in [3.63, 3.8) is 0 Å². The van der Waals surface area contributed by atoms with Crippen LogP contribution in [0.5, 0.6) is 0 Å². The molecule has 0 aliphatic rings. The Morgan fingerprint density at radius 2 is 0.889 bits per heavy atom. The summed E-state index contributed by atoms with van der Waals surface area (Å²) in [5, 5.41) is 7.63. The summed E-state index contributed by atoms with van der Waals surface area (Å²) in [5.41, 5.74) is 2.97. The molecule has 1 nitrogen and oxygen atoms in total.